The summed E-state index contributed by atoms with van der Waals surface area (Å²) in [5.41, 5.74) is -0.0275. The van der Waals surface area contributed by atoms with Crippen LogP contribution in [-0.4, -0.2) is 23.3 Å². The minimum Gasteiger partial charge on any atom is -0.358 e. The molecular weight excluding hydrogens is 148 g/mol. The van der Waals surface area contributed by atoms with Crippen molar-refractivity contribution in [1.29, 1.82) is 5.41 Å². The van der Waals surface area contributed by atoms with Gasteiger partial charge in [0.2, 0.25) is 0 Å². The number of hydrogen-bond acceptors (Lipinski definition) is 1. The molecular formula is C10H22N2. The van der Waals surface area contributed by atoms with Crippen LogP contribution in [0.3, 0.4) is 0 Å². The maximum Gasteiger partial charge on any atom is 0.101 e. The molecule has 0 radical (unpaired) electrons. The van der Waals surface area contributed by atoms with Crippen molar-refractivity contribution in [3.63, 3.8) is 0 Å². The quantitative estimate of drug-likeness (QED) is 0.500. The molecule has 0 heterocycles. The van der Waals surface area contributed by atoms with Gasteiger partial charge in [-0.05, 0) is 20.8 Å². The zero-order valence-electron chi connectivity index (χ0n) is 9.23. The van der Waals surface area contributed by atoms with Crippen molar-refractivity contribution in [2.75, 3.05) is 6.54 Å². The first-order valence-electron chi connectivity index (χ1n) is 4.66. The minimum atomic E-state index is -0.0275. The Kier molecular flexibility index (Phi) is 3.75. The standard InChI is InChI=1S/C10H22N2/c1-7-12(8(2)3)9(11)10(4,5)6/h8,11H,7H2,1-6H3. The van der Waals surface area contributed by atoms with Gasteiger partial charge in [-0.2, -0.15) is 0 Å². The molecule has 0 aliphatic carbocycles. The predicted octanol–water partition coefficient (Wildman–Crippen LogP) is 2.74. The summed E-state index contributed by atoms with van der Waals surface area (Å²) in [7, 11) is 0. The molecule has 0 bridgehead atoms. The third-order valence-corrected chi connectivity index (χ3v) is 1.96. The fraction of sp³-hybridized carbons (Fsp3) is 0.900. The minimum absolute atomic E-state index is 0.0275. The zero-order chi connectivity index (χ0) is 9.94. The van der Waals surface area contributed by atoms with E-state index in [-0.39, 0.29) is 5.41 Å². The molecule has 0 rings (SSSR count). The molecule has 2 heteroatoms. The zero-order valence-corrected chi connectivity index (χ0v) is 9.23. The van der Waals surface area contributed by atoms with E-state index in [2.05, 4.69) is 46.4 Å². The van der Waals surface area contributed by atoms with Gasteiger partial charge in [-0.3, -0.25) is 5.41 Å². The average molecular weight is 170 g/mol. The van der Waals surface area contributed by atoms with Gasteiger partial charge in [-0.1, -0.05) is 20.8 Å². The van der Waals surface area contributed by atoms with Crippen molar-refractivity contribution < 1.29 is 0 Å². The summed E-state index contributed by atoms with van der Waals surface area (Å²) in [5, 5.41) is 7.95. The molecule has 0 atom stereocenters. The van der Waals surface area contributed by atoms with Gasteiger partial charge >= 0.3 is 0 Å². The highest BCUT2D eigenvalue weighted by atomic mass is 15.2. The van der Waals surface area contributed by atoms with Crippen LogP contribution >= 0.6 is 0 Å². The first-order valence-corrected chi connectivity index (χ1v) is 4.66. The lowest BCUT2D eigenvalue weighted by Crippen LogP contribution is -2.42. The first-order chi connectivity index (χ1) is 5.30. The Morgan fingerprint density at radius 3 is 1.83 bits per heavy atom. The lowest BCUT2D eigenvalue weighted by atomic mass is 9.93. The molecule has 0 saturated carbocycles. The highest BCUT2D eigenvalue weighted by molar-refractivity contribution is 5.84. The van der Waals surface area contributed by atoms with E-state index in [0.717, 1.165) is 12.4 Å². The van der Waals surface area contributed by atoms with E-state index in [1.807, 2.05) is 0 Å². The Morgan fingerprint density at radius 1 is 1.33 bits per heavy atom. The van der Waals surface area contributed by atoms with Gasteiger partial charge in [0.1, 0.15) is 5.84 Å². The maximum absolute atomic E-state index is 7.95. The number of amidine groups is 1. The predicted molar refractivity (Wildman–Crippen MR) is 54.7 cm³/mol. The van der Waals surface area contributed by atoms with Gasteiger partial charge in [0.25, 0.3) is 0 Å². The summed E-state index contributed by atoms with van der Waals surface area (Å²) in [4.78, 5) is 2.12. The van der Waals surface area contributed by atoms with E-state index in [9.17, 15) is 0 Å². The second-order valence-corrected chi connectivity index (χ2v) is 4.48. The molecule has 0 saturated heterocycles. The fourth-order valence-corrected chi connectivity index (χ4v) is 1.21. The highest BCUT2D eigenvalue weighted by Gasteiger charge is 2.23. The number of rotatable bonds is 2. The van der Waals surface area contributed by atoms with Gasteiger partial charge in [0.05, 0.1) is 0 Å². The Hall–Kier alpha value is -0.530. The summed E-state index contributed by atoms with van der Waals surface area (Å²) >= 11 is 0. The van der Waals surface area contributed by atoms with Crippen LogP contribution in [0.1, 0.15) is 41.5 Å². The van der Waals surface area contributed by atoms with Crippen molar-refractivity contribution in [2.45, 2.75) is 47.6 Å². The Balaban J connectivity index is 4.44. The molecule has 0 aromatic carbocycles. The van der Waals surface area contributed by atoms with E-state index in [4.69, 9.17) is 5.41 Å². The Morgan fingerprint density at radius 2 is 1.75 bits per heavy atom. The largest absolute Gasteiger partial charge is 0.358 e. The molecule has 72 valence electrons. The van der Waals surface area contributed by atoms with Crippen molar-refractivity contribution in [1.82, 2.24) is 4.90 Å². The summed E-state index contributed by atoms with van der Waals surface area (Å²) in [6.45, 7) is 13.5. The summed E-state index contributed by atoms with van der Waals surface area (Å²) < 4.78 is 0. The topological polar surface area (TPSA) is 27.1 Å². The van der Waals surface area contributed by atoms with E-state index in [1.54, 1.807) is 0 Å². The fourth-order valence-electron chi connectivity index (χ4n) is 1.21. The second kappa shape index (κ2) is 3.92. The molecule has 0 aromatic rings. The molecule has 0 aliphatic heterocycles. The smallest absolute Gasteiger partial charge is 0.101 e. The van der Waals surface area contributed by atoms with Gasteiger partial charge in [-0.15, -0.1) is 0 Å². The van der Waals surface area contributed by atoms with Crippen molar-refractivity contribution >= 4 is 5.84 Å². The molecule has 0 amide bonds. The summed E-state index contributed by atoms with van der Waals surface area (Å²) in [6.07, 6.45) is 0. The maximum atomic E-state index is 7.95. The molecule has 0 aliphatic rings. The molecule has 0 unspecified atom stereocenters. The van der Waals surface area contributed by atoms with Crippen LogP contribution in [0, 0.1) is 10.8 Å². The molecule has 0 fully saturated rings. The van der Waals surface area contributed by atoms with Crippen LogP contribution in [0.5, 0.6) is 0 Å². The van der Waals surface area contributed by atoms with E-state index in [0.29, 0.717) is 6.04 Å². The highest BCUT2D eigenvalue weighted by Crippen LogP contribution is 2.18. The number of nitrogens with one attached hydrogen (secondary N) is 1. The van der Waals surface area contributed by atoms with Crippen molar-refractivity contribution in [3.05, 3.63) is 0 Å². The third kappa shape index (κ3) is 2.84. The third-order valence-electron chi connectivity index (χ3n) is 1.96. The number of nitrogens with zero attached hydrogens (tertiary/aromatic N) is 1. The average Bonchev–Trinajstić information content (AvgIpc) is 1.86. The lowest BCUT2D eigenvalue weighted by Gasteiger charge is -2.34. The Labute approximate surface area is 76.5 Å². The Bertz CT molecular complexity index is 154. The van der Waals surface area contributed by atoms with Crippen LogP contribution in [0.15, 0.2) is 0 Å². The van der Waals surface area contributed by atoms with Crippen LogP contribution in [0.4, 0.5) is 0 Å². The van der Waals surface area contributed by atoms with Gasteiger partial charge < -0.3 is 4.90 Å². The molecule has 12 heavy (non-hydrogen) atoms. The van der Waals surface area contributed by atoms with E-state index >= 15 is 0 Å². The van der Waals surface area contributed by atoms with Gasteiger partial charge in [-0.25, -0.2) is 0 Å². The van der Waals surface area contributed by atoms with Gasteiger partial charge in [0.15, 0.2) is 0 Å². The van der Waals surface area contributed by atoms with Crippen molar-refractivity contribution in [3.8, 4) is 0 Å². The normalized spacial score (nSPS) is 11.9. The molecule has 2 nitrogen and oxygen atoms in total. The first kappa shape index (κ1) is 11.5. The lowest BCUT2D eigenvalue weighted by molar-refractivity contribution is 0.325. The number of hydrogen-bond donors (Lipinski definition) is 1. The van der Waals surface area contributed by atoms with Crippen molar-refractivity contribution in [2.24, 2.45) is 5.41 Å². The van der Waals surface area contributed by atoms with Gasteiger partial charge in [0, 0.05) is 18.0 Å². The van der Waals surface area contributed by atoms with E-state index < -0.39 is 0 Å². The van der Waals surface area contributed by atoms with Crippen LogP contribution < -0.4 is 0 Å². The monoisotopic (exact) mass is 170 g/mol. The van der Waals surface area contributed by atoms with Crippen LogP contribution in [0.2, 0.25) is 0 Å². The second-order valence-electron chi connectivity index (χ2n) is 4.48. The molecule has 0 aromatic heterocycles. The van der Waals surface area contributed by atoms with Crippen LogP contribution in [-0.2, 0) is 0 Å². The summed E-state index contributed by atoms with van der Waals surface area (Å²) in [6, 6.07) is 0.432. The molecule has 1 N–H and O–H groups in total. The SMILES string of the molecule is CCN(C(=N)C(C)(C)C)C(C)C. The van der Waals surface area contributed by atoms with E-state index in [1.165, 1.54) is 0 Å². The summed E-state index contributed by atoms with van der Waals surface area (Å²) in [5.74, 6) is 0.736. The molecule has 0 spiro atoms. The van der Waals surface area contributed by atoms with Crippen LogP contribution in [0.25, 0.3) is 0 Å².